The standard InChI is InChI=1S/C15H18O/c1-2-3-7-12-10-14(15(16)11-12)13-8-5-4-6-9-13/h4-6,8-10,12H,2-3,7,11H2,1H3. The third-order valence-corrected chi connectivity index (χ3v) is 3.16. The minimum Gasteiger partial charge on any atom is -0.294 e. The summed E-state index contributed by atoms with van der Waals surface area (Å²) in [6, 6.07) is 10.0. The zero-order valence-electron chi connectivity index (χ0n) is 9.78. The molecule has 0 saturated carbocycles. The summed E-state index contributed by atoms with van der Waals surface area (Å²) in [5.74, 6) is 0.787. The first-order chi connectivity index (χ1) is 7.81. The summed E-state index contributed by atoms with van der Waals surface area (Å²) in [5, 5.41) is 0. The Balaban J connectivity index is 2.12. The number of hydrogen-bond donors (Lipinski definition) is 0. The Morgan fingerprint density at radius 1 is 1.25 bits per heavy atom. The molecule has 0 N–H and O–H groups in total. The van der Waals surface area contributed by atoms with Crippen LogP contribution in [0.4, 0.5) is 0 Å². The Morgan fingerprint density at radius 3 is 2.69 bits per heavy atom. The Labute approximate surface area is 97.2 Å². The van der Waals surface area contributed by atoms with Crippen molar-refractivity contribution >= 4 is 11.4 Å². The molecule has 2 rings (SSSR count). The summed E-state index contributed by atoms with van der Waals surface area (Å²) in [7, 11) is 0. The van der Waals surface area contributed by atoms with Gasteiger partial charge < -0.3 is 0 Å². The fourth-order valence-electron chi connectivity index (χ4n) is 2.26. The van der Waals surface area contributed by atoms with Crippen molar-refractivity contribution in [1.29, 1.82) is 0 Å². The Morgan fingerprint density at radius 2 is 2.00 bits per heavy atom. The number of allylic oxidation sites excluding steroid dienone is 2. The van der Waals surface area contributed by atoms with Gasteiger partial charge in [-0.1, -0.05) is 56.2 Å². The van der Waals surface area contributed by atoms with Crippen LogP contribution in [-0.4, -0.2) is 5.78 Å². The maximum atomic E-state index is 11.9. The second-order valence-corrected chi connectivity index (χ2v) is 4.48. The highest BCUT2D eigenvalue weighted by molar-refractivity contribution is 6.22. The molecule has 1 atom stereocenters. The largest absolute Gasteiger partial charge is 0.294 e. The second kappa shape index (κ2) is 5.11. The van der Waals surface area contributed by atoms with Gasteiger partial charge in [0.15, 0.2) is 5.78 Å². The minimum atomic E-state index is 0.312. The number of unbranched alkanes of at least 4 members (excludes halogenated alkanes) is 1. The number of hydrogen-bond acceptors (Lipinski definition) is 1. The molecule has 1 nitrogen and oxygen atoms in total. The fourth-order valence-corrected chi connectivity index (χ4v) is 2.26. The van der Waals surface area contributed by atoms with Crippen molar-refractivity contribution in [3.63, 3.8) is 0 Å². The van der Waals surface area contributed by atoms with E-state index in [2.05, 4.69) is 13.0 Å². The lowest BCUT2D eigenvalue weighted by Gasteiger charge is -2.02. The van der Waals surface area contributed by atoms with E-state index < -0.39 is 0 Å². The molecule has 0 spiro atoms. The molecule has 1 aromatic carbocycles. The van der Waals surface area contributed by atoms with E-state index >= 15 is 0 Å². The molecule has 1 unspecified atom stereocenters. The van der Waals surface area contributed by atoms with Gasteiger partial charge in [0, 0.05) is 12.0 Å². The van der Waals surface area contributed by atoms with Gasteiger partial charge >= 0.3 is 0 Å². The van der Waals surface area contributed by atoms with Crippen molar-refractivity contribution in [1.82, 2.24) is 0 Å². The van der Waals surface area contributed by atoms with Gasteiger partial charge in [-0.15, -0.1) is 0 Å². The fraction of sp³-hybridized carbons (Fsp3) is 0.400. The van der Waals surface area contributed by atoms with Gasteiger partial charge in [-0.2, -0.15) is 0 Å². The van der Waals surface area contributed by atoms with E-state index in [0.717, 1.165) is 17.6 Å². The van der Waals surface area contributed by atoms with Crippen molar-refractivity contribution in [2.75, 3.05) is 0 Å². The van der Waals surface area contributed by atoms with Crippen LogP contribution in [0.2, 0.25) is 0 Å². The van der Waals surface area contributed by atoms with Crippen LogP contribution < -0.4 is 0 Å². The summed E-state index contributed by atoms with van der Waals surface area (Å²) in [4.78, 5) is 11.9. The van der Waals surface area contributed by atoms with E-state index in [9.17, 15) is 4.79 Å². The predicted molar refractivity (Wildman–Crippen MR) is 67.1 cm³/mol. The molecule has 0 aromatic heterocycles. The minimum absolute atomic E-state index is 0.312. The smallest absolute Gasteiger partial charge is 0.163 e. The molecule has 0 heterocycles. The number of benzene rings is 1. The van der Waals surface area contributed by atoms with E-state index in [1.807, 2.05) is 30.3 Å². The van der Waals surface area contributed by atoms with Crippen LogP contribution in [0.25, 0.3) is 5.57 Å². The van der Waals surface area contributed by atoms with Crippen LogP contribution in [0.15, 0.2) is 36.4 Å². The molecule has 1 aromatic rings. The molecule has 0 fully saturated rings. The Kier molecular flexibility index (Phi) is 3.55. The second-order valence-electron chi connectivity index (χ2n) is 4.48. The molecule has 0 bridgehead atoms. The molecule has 16 heavy (non-hydrogen) atoms. The molecular formula is C15H18O. The van der Waals surface area contributed by atoms with Gasteiger partial charge in [0.05, 0.1) is 0 Å². The first kappa shape index (κ1) is 11.1. The summed E-state index contributed by atoms with van der Waals surface area (Å²) in [6.07, 6.45) is 6.46. The van der Waals surface area contributed by atoms with Crippen molar-refractivity contribution in [2.24, 2.45) is 5.92 Å². The van der Waals surface area contributed by atoms with Crippen LogP contribution in [0.5, 0.6) is 0 Å². The van der Waals surface area contributed by atoms with Crippen molar-refractivity contribution in [2.45, 2.75) is 32.6 Å². The van der Waals surface area contributed by atoms with Gasteiger partial charge in [0.2, 0.25) is 0 Å². The highest BCUT2D eigenvalue weighted by Gasteiger charge is 2.24. The van der Waals surface area contributed by atoms with E-state index in [4.69, 9.17) is 0 Å². The van der Waals surface area contributed by atoms with Crippen LogP contribution in [0.1, 0.15) is 38.2 Å². The number of carbonyl (C=O) groups is 1. The quantitative estimate of drug-likeness (QED) is 0.744. The highest BCUT2D eigenvalue weighted by atomic mass is 16.1. The highest BCUT2D eigenvalue weighted by Crippen LogP contribution is 2.31. The average molecular weight is 214 g/mol. The first-order valence-electron chi connectivity index (χ1n) is 6.11. The summed E-state index contributed by atoms with van der Waals surface area (Å²) < 4.78 is 0. The zero-order valence-corrected chi connectivity index (χ0v) is 9.78. The summed E-state index contributed by atoms with van der Waals surface area (Å²) in [6.45, 7) is 2.19. The van der Waals surface area contributed by atoms with Crippen LogP contribution in [0, 0.1) is 5.92 Å². The third kappa shape index (κ3) is 2.41. The van der Waals surface area contributed by atoms with Crippen molar-refractivity contribution in [3.8, 4) is 0 Å². The number of rotatable bonds is 4. The monoisotopic (exact) mass is 214 g/mol. The predicted octanol–water partition coefficient (Wildman–Crippen LogP) is 3.85. The van der Waals surface area contributed by atoms with Gasteiger partial charge in [-0.05, 0) is 17.9 Å². The molecule has 1 aliphatic carbocycles. The Hall–Kier alpha value is -1.37. The Bertz CT molecular complexity index is 389. The number of ketones is 1. The van der Waals surface area contributed by atoms with E-state index in [-0.39, 0.29) is 0 Å². The molecule has 0 saturated heterocycles. The lowest BCUT2D eigenvalue weighted by molar-refractivity contribution is -0.113. The van der Waals surface area contributed by atoms with Crippen molar-refractivity contribution < 1.29 is 4.79 Å². The normalized spacial score (nSPS) is 19.9. The van der Waals surface area contributed by atoms with E-state index in [1.54, 1.807) is 0 Å². The van der Waals surface area contributed by atoms with Crippen LogP contribution in [-0.2, 0) is 4.79 Å². The van der Waals surface area contributed by atoms with Crippen molar-refractivity contribution in [3.05, 3.63) is 42.0 Å². The summed E-state index contributed by atoms with van der Waals surface area (Å²) >= 11 is 0. The average Bonchev–Trinajstić information content (AvgIpc) is 2.69. The zero-order chi connectivity index (χ0) is 11.4. The van der Waals surface area contributed by atoms with E-state index in [0.29, 0.717) is 18.1 Å². The number of Topliss-reactive ketones (excluding diaryl/α,β-unsaturated/α-hetero) is 1. The molecule has 0 radical (unpaired) electrons. The summed E-state index contributed by atoms with van der Waals surface area (Å²) in [5.41, 5.74) is 2.01. The third-order valence-electron chi connectivity index (χ3n) is 3.16. The number of carbonyl (C=O) groups excluding carboxylic acids is 1. The molecule has 1 heteroatoms. The maximum Gasteiger partial charge on any atom is 0.163 e. The van der Waals surface area contributed by atoms with Crippen LogP contribution in [0.3, 0.4) is 0 Å². The van der Waals surface area contributed by atoms with Gasteiger partial charge in [-0.25, -0.2) is 0 Å². The topological polar surface area (TPSA) is 17.1 Å². The van der Waals surface area contributed by atoms with Crippen LogP contribution >= 0.6 is 0 Å². The lowest BCUT2D eigenvalue weighted by Crippen LogP contribution is -1.98. The van der Waals surface area contributed by atoms with E-state index in [1.165, 1.54) is 12.8 Å². The lowest BCUT2D eigenvalue weighted by atomic mass is 10.0. The van der Waals surface area contributed by atoms with Gasteiger partial charge in [0.1, 0.15) is 0 Å². The van der Waals surface area contributed by atoms with Gasteiger partial charge in [0.25, 0.3) is 0 Å². The van der Waals surface area contributed by atoms with Gasteiger partial charge in [-0.3, -0.25) is 4.79 Å². The molecule has 0 amide bonds. The molecule has 84 valence electrons. The SMILES string of the molecule is CCCCC1C=C(c2ccccc2)C(=O)C1. The molecular weight excluding hydrogens is 196 g/mol. The first-order valence-corrected chi connectivity index (χ1v) is 6.11. The maximum absolute atomic E-state index is 11.9. The molecule has 0 aliphatic heterocycles. The molecule has 1 aliphatic rings.